The molecule has 3 aromatic carbocycles. The molecule has 0 radical (unpaired) electrons. The average molecular weight is 449 g/mol. The van der Waals surface area contributed by atoms with Crippen LogP contribution >= 0.6 is 0 Å². The maximum absolute atomic E-state index is 13.2. The first-order chi connectivity index (χ1) is 16.0. The summed E-state index contributed by atoms with van der Waals surface area (Å²) in [7, 11) is 0. The Morgan fingerprint density at radius 2 is 1.12 bits per heavy atom. The van der Waals surface area contributed by atoms with Crippen molar-refractivity contribution < 1.29 is 13.2 Å². The van der Waals surface area contributed by atoms with Gasteiger partial charge in [-0.05, 0) is 30.3 Å². The van der Waals surface area contributed by atoms with Gasteiger partial charge in [-0.25, -0.2) is 5.43 Å². The van der Waals surface area contributed by atoms with Crippen LogP contribution in [0, 0.1) is 0 Å². The second-order valence-electron chi connectivity index (χ2n) is 6.74. The molecule has 4 aromatic rings. The number of aromatic nitrogens is 3. The molecule has 0 bridgehead atoms. The van der Waals surface area contributed by atoms with Gasteiger partial charge in [0.05, 0.1) is 11.8 Å². The number of hydrazone groups is 1. The quantitative estimate of drug-likeness (QED) is 0.243. The molecule has 0 saturated carbocycles. The van der Waals surface area contributed by atoms with Gasteiger partial charge < -0.3 is 10.6 Å². The molecule has 0 aliphatic carbocycles. The highest BCUT2D eigenvalue weighted by Gasteiger charge is 2.32. The minimum absolute atomic E-state index is 0.0441. The Morgan fingerprint density at radius 1 is 0.636 bits per heavy atom. The zero-order valence-electron chi connectivity index (χ0n) is 17.1. The number of para-hydroxylation sites is 2. The molecule has 0 amide bonds. The van der Waals surface area contributed by atoms with Crippen LogP contribution in [0.1, 0.15) is 11.1 Å². The third kappa shape index (κ3) is 6.03. The van der Waals surface area contributed by atoms with Crippen LogP contribution in [-0.4, -0.2) is 21.2 Å². The van der Waals surface area contributed by atoms with Crippen LogP contribution in [0.3, 0.4) is 0 Å². The fourth-order valence-electron chi connectivity index (χ4n) is 2.87. The third-order valence-electron chi connectivity index (χ3n) is 4.33. The summed E-state index contributed by atoms with van der Waals surface area (Å²) < 4.78 is 39.6. The number of nitrogens with one attached hydrogen (secondary N) is 3. The Morgan fingerprint density at radius 3 is 1.67 bits per heavy atom. The van der Waals surface area contributed by atoms with Crippen molar-refractivity contribution in [2.75, 3.05) is 16.1 Å². The van der Waals surface area contributed by atoms with E-state index in [2.05, 4.69) is 36.1 Å². The molecule has 0 aliphatic heterocycles. The van der Waals surface area contributed by atoms with Crippen molar-refractivity contribution in [1.82, 2.24) is 15.0 Å². The fourth-order valence-corrected chi connectivity index (χ4v) is 2.87. The number of rotatable bonds is 7. The number of hydrogen-bond acceptors (Lipinski definition) is 7. The van der Waals surface area contributed by atoms with E-state index in [1.807, 2.05) is 60.7 Å². The van der Waals surface area contributed by atoms with E-state index < -0.39 is 11.7 Å². The molecule has 7 nitrogen and oxygen atoms in total. The minimum Gasteiger partial charge on any atom is -0.324 e. The van der Waals surface area contributed by atoms with Crippen molar-refractivity contribution in [3.05, 3.63) is 96.1 Å². The highest BCUT2D eigenvalue weighted by Crippen LogP contribution is 2.31. The first kappa shape index (κ1) is 21.8. The van der Waals surface area contributed by atoms with Gasteiger partial charge in [-0.2, -0.15) is 33.2 Å². The van der Waals surface area contributed by atoms with Crippen LogP contribution in [0.4, 0.5) is 42.4 Å². The topological polar surface area (TPSA) is 87.1 Å². The van der Waals surface area contributed by atoms with E-state index in [1.165, 1.54) is 18.2 Å². The smallest absolute Gasteiger partial charge is 0.324 e. The maximum atomic E-state index is 13.2. The van der Waals surface area contributed by atoms with Crippen LogP contribution in [0.5, 0.6) is 0 Å². The van der Waals surface area contributed by atoms with Gasteiger partial charge in [0.1, 0.15) is 0 Å². The van der Waals surface area contributed by atoms with Gasteiger partial charge in [0.15, 0.2) is 0 Å². The molecular formula is C23H18F3N7. The van der Waals surface area contributed by atoms with Crippen molar-refractivity contribution in [2.45, 2.75) is 6.18 Å². The molecule has 0 spiro atoms. The zero-order valence-corrected chi connectivity index (χ0v) is 17.1. The average Bonchev–Trinajstić information content (AvgIpc) is 2.80. The van der Waals surface area contributed by atoms with Gasteiger partial charge in [0, 0.05) is 16.9 Å². The van der Waals surface area contributed by atoms with E-state index in [1.54, 1.807) is 0 Å². The second kappa shape index (κ2) is 9.77. The first-order valence-corrected chi connectivity index (χ1v) is 9.83. The van der Waals surface area contributed by atoms with E-state index >= 15 is 0 Å². The predicted octanol–water partition coefficient (Wildman–Crippen LogP) is 5.82. The van der Waals surface area contributed by atoms with Gasteiger partial charge in [-0.3, -0.25) is 0 Å². The molecule has 0 aliphatic rings. The zero-order chi connectivity index (χ0) is 23.1. The van der Waals surface area contributed by atoms with Crippen molar-refractivity contribution in [3.63, 3.8) is 0 Å². The number of anilines is 5. The lowest BCUT2D eigenvalue weighted by molar-refractivity contribution is -0.137. The summed E-state index contributed by atoms with van der Waals surface area (Å²) >= 11 is 0. The molecule has 0 fully saturated rings. The number of nitrogens with zero attached hydrogens (tertiary/aromatic N) is 4. The monoisotopic (exact) mass is 449 g/mol. The highest BCUT2D eigenvalue weighted by atomic mass is 19.4. The summed E-state index contributed by atoms with van der Waals surface area (Å²) in [6, 6.07) is 23.7. The lowest BCUT2D eigenvalue weighted by Gasteiger charge is -2.10. The summed E-state index contributed by atoms with van der Waals surface area (Å²) in [5.41, 5.74) is 3.22. The summed E-state index contributed by atoms with van der Waals surface area (Å²) in [5.74, 6) is 0.494. The number of halogens is 3. The Bertz CT molecular complexity index is 1170. The molecule has 10 heteroatoms. The van der Waals surface area contributed by atoms with E-state index in [0.29, 0.717) is 0 Å². The summed E-state index contributed by atoms with van der Waals surface area (Å²) in [5, 5.41) is 10.0. The van der Waals surface area contributed by atoms with Crippen LogP contribution in [0.15, 0.2) is 90.0 Å². The molecule has 3 N–H and O–H groups in total. The number of benzene rings is 3. The minimum atomic E-state index is -4.49. The maximum Gasteiger partial charge on any atom is 0.417 e. The van der Waals surface area contributed by atoms with E-state index in [9.17, 15) is 13.2 Å². The van der Waals surface area contributed by atoms with E-state index in [-0.39, 0.29) is 23.4 Å². The van der Waals surface area contributed by atoms with E-state index in [4.69, 9.17) is 0 Å². The van der Waals surface area contributed by atoms with Crippen molar-refractivity contribution in [2.24, 2.45) is 5.10 Å². The van der Waals surface area contributed by atoms with Gasteiger partial charge in [-0.1, -0.05) is 54.6 Å². The summed E-state index contributed by atoms with van der Waals surface area (Å²) in [6.45, 7) is 0. The highest BCUT2D eigenvalue weighted by molar-refractivity contribution is 5.82. The van der Waals surface area contributed by atoms with Crippen LogP contribution in [0.2, 0.25) is 0 Å². The normalized spacial score (nSPS) is 11.4. The third-order valence-corrected chi connectivity index (χ3v) is 4.33. The van der Waals surface area contributed by atoms with Crippen LogP contribution in [0.25, 0.3) is 0 Å². The molecule has 0 unspecified atom stereocenters. The molecule has 4 rings (SSSR count). The standard InChI is InChI=1S/C23H18F3N7/c24-23(25,26)19-14-8-7-9-16(19)15-27-33-22-31-20(28-17-10-3-1-4-11-17)30-21(32-22)29-18-12-5-2-6-13-18/h1-15H,(H3,28,29,30,31,32,33)/b27-15-. The summed E-state index contributed by atoms with van der Waals surface area (Å²) in [6.07, 6.45) is -3.42. The Balaban J connectivity index is 1.59. The molecule has 1 heterocycles. The molecule has 0 saturated heterocycles. The second-order valence-corrected chi connectivity index (χ2v) is 6.74. The predicted molar refractivity (Wildman–Crippen MR) is 122 cm³/mol. The lowest BCUT2D eigenvalue weighted by atomic mass is 10.1. The molecule has 1 aromatic heterocycles. The Labute approximate surface area is 187 Å². The van der Waals surface area contributed by atoms with E-state index in [0.717, 1.165) is 23.7 Å². The molecule has 33 heavy (non-hydrogen) atoms. The first-order valence-electron chi connectivity index (χ1n) is 9.83. The van der Waals surface area contributed by atoms with Crippen molar-refractivity contribution in [3.8, 4) is 0 Å². The molecule has 166 valence electrons. The van der Waals surface area contributed by atoms with Crippen LogP contribution < -0.4 is 16.1 Å². The van der Waals surface area contributed by atoms with Crippen LogP contribution in [-0.2, 0) is 6.18 Å². The van der Waals surface area contributed by atoms with Crippen molar-refractivity contribution in [1.29, 1.82) is 0 Å². The largest absolute Gasteiger partial charge is 0.417 e. The van der Waals surface area contributed by atoms with Gasteiger partial charge in [0.2, 0.25) is 17.8 Å². The van der Waals surface area contributed by atoms with Gasteiger partial charge >= 0.3 is 6.18 Å². The number of alkyl halides is 3. The molecule has 0 atom stereocenters. The summed E-state index contributed by atoms with van der Waals surface area (Å²) in [4.78, 5) is 12.9. The molecular weight excluding hydrogens is 431 g/mol. The Kier molecular flexibility index (Phi) is 6.44. The number of hydrogen-bond donors (Lipinski definition) is 3. The Hall–Kier alpha value is -4.47. The SMILES string of the molecule is FC(F)(F)c1ccccc1/C=N\Nc1nc(Nc2ccccc2)nc(Nc2ccccc2)n1. The lowest BCUT2D eigenvalue weighted by Crippen LogP contribution is -2.09. The van der Waals surface area contributed by atoms with Gasteiger partial charge in [0.25, 0.3) is 0 Å². The van der Waals surface area contributed by atoms with Gasteiger partial charge in [-0.15, -0.1) is 0 Å². The fraction of sp³-hybridized carbons (Fsp3) is 0.0435. The van der Waals surface area contributed by atoms with Crippen molar-refractivity contribution >= 4 is 35.4 Å².